The molecule has 0 heterocycles. The molecule has 0 radical (unpaired) electrons. The summed E-state index contributed by atoms with van der Waals surface area (Å²) < 4.78 is 12.8. The number of rotatable bonds is 6. The molecule has 2 aromatic rings. The van der Waals surface area contributed by atoms with Gasteiger partial charge in [0.25, 0.3) is 0 Å². The third-order valence-corrected chi connectivity index (χ3v) is 3.24. The standard InChI is InChI=1S/C17H17FN2O2/c18-14-8-6-13(7-9-14)11-16(21)20-15(17(19)22)10-12-4-2-1-3-5-12/h1-9,15H,10-11H2,(H2,19,22)(H,20,21). The molecule has 0 saturated carbocycles. The van der Waals surface area contributed by atoms with Crippen molar-refractivity contribution in [3.63, 3.8) is 0 Å². The second-order valence-electron chi connectivity index (χ2n) is 5.02. The predicted octanol–water partition coefficient (Wildman–Crippen LogP) is 1.58. The van der Waals surface area contributed by atoms with Gasteiger partial charge in [0.1, 0.15) is 11.9 Å². The Kier molecular flexibility index (Phi) is 5.25. The van der Waals surface area contributed by atoms with Crippen molar-refractivity contribution < 1.29 is 14.0 Å². The van der Waals surface area contributed by atoms with Crippen LogP contribution in [0.5, 0.6) is 0 Å². The Morgan fingerprint density at radius 2 is 1.64 bits per heavy atom. The van der Waals surface area contributed by atoms with Crippen molar-refractivity contribution >= 4 is 11.8 Å². The lowest BCUT2D eigenvalue weighted by atomic mass is 10.0. The molecule has 2 rings (SSSR count). The lowest BCUT2D eigenvalue weighted by molar-refractivity contribution is -0.127. The van der Waals surface area contributed by atoms with E-state index in [1.807, 2.05) is 30.3 Å². The minimum absolute atomic E-state index is 0.0683. The average Bonchev–Trinajstić information content (AvgIpc) is 2.50. The number of halogens is 1. The summed E-state index contributed by atoms with van der Waals surface area (Å²) in [6, 6.07) is 14.2. The molecule has 2 amide bonds. The molecule has 5 heteroatoms. The molecular weight excluding hydrogens is 283 g/mol. The van der Waals surface area contributed by atoms with Crippen LogP contribution in [0.1, 0.15) is 11.1 Å². The maximum Gasteiger partial charge on any atom is 0.240 e. The SMILES string of the molecule is NC(=O)C(Cc1ccccc1)NC(=O)Cc1ccc(F)cc1. The van der Waals surface area contributed by atoms with Crippen LogP contribution in [0.2, 0.25) is 0 Å². The van der Waals surface area contributed by atoms with E-state index < -0.39 is 11.9 Å². The van der Waals surface area contributed by atoms with Gasteiger partial charge in [-0.2, -0.15) is 0 Å². The molecule has 114 valence electrons. The van der Waals surface area contributed by atoms with Gasteiger partial charge in [-0.3, -0.25) is 9.59 Å². The van der Waals surface area contributed by atoms with Crippen LogP contribution in [0.3, 0.4) is 0 Å². The Balaban J connectivity index is 1.97. The van der Waals surface area contributed by atoms with E-state index in [1.165, 1.54) is 24.3 Å². The first-order chi connectivity index (χ1) is 10.5. The van der Waals surface area contributed by atoms with Crippen LogP contribution in [0.25, 0.3) is 0 Å². The fourth-order valence-corrected chi connectivity index (χ4v) is 2.11. The molecule has 0 aliphatic carbocycles. The Morgan fingerprint density at radius 1 is 1.00 bits per heavy atom. The fourth-order valence-electron chi connectivity index (χ4n) is 2.11. The van der Waals surface area contributed by atoms with E-state index in [0.717, 1.165) is 5.56 Å². The first kappa shape index (κ1) is 15.7. The molecule has 4 nitrogen and oxygen atoms in total. The zero-order valence-corrected chi connectivity index (χ0v) is 12.0. The van der Waals surface area contributed by atoms with Crippen LogP contribution in [0.15, 0.2) is 54.6 Å². The number of primary amides is 1. The van der Waals surface area contributed by atoms with Crippen molar-refractivity contribution in [2.75, 3.05) is 0 Å². The number of amides is 2. The van der Waals surface area contributed by atoms with Crippen LogP contribution < -0.4 is 11.1 Å². The fraction of sp³-hybridized carbons (Fsp3) is 0.176. The van der Waals surface area contributed by atoms with Crippen LogP contribution in [0, 0.1) is 5.82 Å². The van der Waals surface area contributed by atoms with Crippen molar-refractivity contribution in [1.82, 2.24) is 5.32 Å². The molecule has 22 heavy (non-hydrogen) atoms. The predicted molar refractivity (Wildman–Crippen MR) is 81.4 cm³/mol. The van der Waals surface area contributed by atoms with Gasteiger partial charge < -0.3 is 11.1 Å². The molecular formula is C17H17FN2O2. The van der Waals surface area contributed by atoms with E-state index in [1.54, 1.807) is 0 Å². The van der Waals surface area contributed by atoms with Gasteiger partial charge in [-0.1, -0.05) is 42.5 Å². The minimum atomic E-state index is -0.768. The van der Waals surface area contributed by atoms with Crippen LogP contribution in [-0.4, -0.2) is 17.9 Å². The van der Waals surface area contributed by atoms with Crippen LogP contribution in [0.4, 0.5) is 4.39 Å². The topological polar surface area (TPSA) is 72.2 Å². The molecule has 3 N–H and O–H groups in total. The third kappa shape index (κ3) is 4.70. The van der Waals surface area contributed by atoms with E-state index in [0.29, 0.717) is 12.0 Å². The van der Waals surface area contributed by atoms with E-state index in [-0.39, 0.29) is 18.1 Å². The van der Waals surface area contributed by atoms with Gasteiger partial charge in [0, 0.05) is 6.42 Å². The van der Waals surface area contributed by atoms with Crippen molar-refractivity contribution in [3.05, 3.63) is 71.5 Å². The number of benzene rings is 2. The van der Waals surface area contributed by atoms with Crippen molar-refractivity contribution in [1.29, 1.82) is 0 Å². The highest BCUT2D eigenvalue weighted by Crippen LogP contribution is 2.06. The van der Waals surface area contributed by atoms with Crippen molar-refractivity contribution in [2.45, 2.75) is 18.9 Å². The van der Waals surface area contributed by atoms with Crippen LogP contribution >= 0.6 is 0 Å². The smallest absolute Gasteiger partial charge is 0.240 e. The third-order valence-electron chi connectivity index (χ3n) is 3.24. The van der Waals surface area contributed by atoms with Gasteiger partial charge in [0.05, 0.1) is 6.42 Å². The zero-order valence-electron chi connectivity index (χ0n) is 12.0. The van der Waals surface area contributed by atoms with Gasteiger partial charge >= 0.3 is 0 Å². The summed E-state index contributed by atoms with van der Waals surface area (Å²) in [5.74, 6) is -1.27. The van der Waals surface area contributed by atoms with Gasteiger partial charge in [-0.25, -0.2) is 4.39 Å². The second kappa shape index (κ2) is 7.36. The van der Waals surface area contributed by atoms with E-state index in [2.05, 4.69) is 5.32 Å². The summed E-state index contributed by atoms with van der Waals surface area (Å²) in [5.41, 5.74) is 6.92. The Bertz CT molecular complexity index is 641. The van der Waals surface area contributed by atoms with E-state index >= 15 is 0 Å². The summed E-state index contributed by atoms with van der Waals surface area (Å²) >= 11 is 0. The van der Waals surface area contributed by atoms with Gasteiger partial charge in [-0.15, -0.1) is 0 Å². The highest BCUT2D eigenvalue weighted by atomic mass is 19.1. The molecule has 1 atom stereocenters. The van der Waals surface area contributed by atoms with Crippen LogP contribution in [-0.2, 0) is 22.4 Å². The van der Waals surface area contributed by atoms with E-state index in [9.17, 15) is 14.0 Å². The molecule has 0 spiro atoms. The first-order valence-corrected chi connectivity index (χ1v) is 6.91. The molecule has 1 unspecified atom stereocenters. The number of carbonyl (C=O) groups excluding carboxylic acids is 2. The summed E-state index contributed by atoms with van der Waals surface area (Å²) in [6.07, 6.45) is 0.407. The lowest BCUT2D eigenvalue weighted by Crippen LogP contribution is -2.46. The monoisotopic (exact) mass is 300 g/mol. The highest BCUT2D eigenvalue weighted by Gasteiger charge is 2.18. The van der Waals surface area contributed by atoms with Gasteiger partial charge in [0.2, 0.25) is 11.8 Å². The molecule has 0 aliphatic rings. The normalized spacial score (nSPS) is 11.7. The number of hydrogen-bond acceptors (Lipinski definition) is 2. The minimum Gasteiger partial charge on any atom is -0.368 e. The maximum atomic E-state index is 12.8. The highest BCUT2D eigenvalue weighted by molar-refractivity contribution is 5.87. The Labute approximate surface area is 128 Å². The molecule has 0 bridgehead atoms. The number of nitrogens with one attached hydrogen (secondary N) is 1. The van der Waals surface area contributed by atoms with Crippen molar-refractivity contribution in [2.24, 2.45) is 5.73 Å². The Hall–Kier alpha value is -2.69. The lowest BCUT2D eigenvalue weighted by Gasteiger charge is -2.15. The second-order valence-corrected chi connectivity index (χ2v) is 5.02. The van der Waals surface area contributed by atoms with E-state index in [4.69, 9.17) is 5.73 Å². The summed E-state index contributed by atoms with van der Waals surface area (Å²) in [5, 5.41) is 2.62. The quantitative estimate of drug-likeness (QED) is 0.850. The number of nitrogens with two attached hydrogens (primary N) is 1. The maximum absolute atomic E-state index is 12.8. The van der Waals surface area contributed by atoms with Crippen molar-refractivity contribution in [3.8, 4) is 0 Å². The summed E-state index contributed by atoms with van der Waals surface area (Å²) in [7, 11) is 0. The molecule has 0 fully saturated rings. The molecule has 0 aliphatic heterocycles. The zero-order chi connectivity index (χ0) is 15.9. The first-order valence-electron chi connectivity index (χ1n) is 6.91. The Morgan fingerprint density at radius 3 is 2.23 bits per heavy atom. The number of hydrogen-bond donors (Lipinski definition) is 2. The molecule has 2 aromatic carbocycles. The number of carbonyl (C=O) groups is 2. The largest absolute Gasteiger partial charge is 0.368 e. The molecule has 0 saturated heterocycles. The average molecular weight is 300 g/mol. The summed E-state index contributed by atoms with van der Waals surface area (Å²) in [4.78, 5) is 23.5. The molecule has 0 aromatic heterocycles. The van der Waals surface area contributed by atoms with Gasteiger partial charge in [0.15, 0.2) is 0 Å². The summed E-state index contributed by atoms with van der Waals surface area (Å²) in [6.45, 7) is 0. The van der Waals surface area contributed by atoms with Gasteiger partial charge in [-0.05, 0) is 23.3 Å².